The molecule has 1 aromatic carbocycles. The molecule has 2 nitrogen and oxygen atoms in total. The van der Waals surface area contributed by atoms with Crippen molar-refractivity contribution in [3.63, 3.8) is 0 Å². The molecule has 0 saturated heterocycles. The van der Waals surface area contributed by atoms with E-state index in [9.17, 15) is 5.11 Å². The van der Waals surface area contributed by atoms with E-state index in [1.807, 2.05) is 31.2 Å². The molecule has 0 amide bonds. The number of pyridine rings is 1. The minimum atomic E-state index is -0.437. The zero-order valence-corrected chi connectivity index (χ0v) is 11.6. The molecule has 0 aliphatic rings. The van der Waals surface area contributed by atoms with Crippen LogP contribution in [0.2, 0.25) is 0 Å². The maximum atomic E-state index is 10.4. The molecule has 0 spiro atoms. The van der Waals surface area contributed by atoms with Crippen LogP contribution in [-0.4, -0.2) is 10.1 Å². The number of aryl methyl sites for hydroxylation is 1. The Morgan fingerprint density at radius 2 is 1.94 bits per heavy atom. The molecule has 96 valence electrons. The van der Waals surface area contributed by atoms with Crippen molar-refractivity contribution < 1.29 is 5.11 Å². The van der Waals surface area contributed by atoms with Crippen LogP contribution < -0.4 is 0 Å². The zero-order chi connectivity index (χ0) is 13.3. The van der Waals surface area contributed by atoms with Gasteiger partial charge < -0.3 is 5.11 Å². The maximum absolute atomic E-state index is 10.4. The van der Waals surface area contributed by atoms with Crippen molar-refractivity contribution in [3.05, 3.63) is 41.6 Å². The highest BCUT2D eigenvalue weighted by atomic mass is 16.3. The summed E-state index contributed by atoms with van der Waals surface area (Å²) in [7, 11) is 0. The SMILES string of the molecule is CCC(C)(C)C(O)c1ccc2nc(C)ccc2c1. The summed E-state index contributed by atoms with van der Waals surface area (Å²) in [6, 6.07) is 10.1. The second-order valence-electron chi connectivity index (χ2n) is 5.65. The van der Waals surface area contributed by atoms with Crippen LogP contribution in [0, 0.1) is 12.3 Å². The molecule has 0 saturated carbocycles. The molecule has 2 rings (SSSR count). The molecule has 0 radical (unpaired) electrons. The lowest BCUT2D eigenvalue weighted by Crippen LogP contribution is -2.20. The standard InChI is InChI=1S/C16H21NO/c1-5-16(3,4)15(18)13-8-9-14-12(10-13)7-6-11(2)17-14/h6-10,15,18H,5H2,1-4H3. The summed E-state index contributed by atoms with van der Waals surface area (Å²) in [6.45, 7) is 8.28. The second kappa shape index (κ2) is 4.69. The molecule has 1 atom stereocenters. The first-order valence-electron chi connectivity index (χ1n) is 6.49. The summed E-state index contributed by atoms with van der Waals surface area (Å²) in [4.78, 5) is 4.48. The van der Waals surface area contributed by atoms with E-state index in [-0.39, 0.29) is 5.41 Å². The van der Waals surface area contributed by atoms with E-state index in [0.717, 1.165) is 28.6 Å². The molecule has 0 aliphatic carbocycles. The maximum Gasteiger partial charge on any atom is 0.0841 e. The van der Waals surface area contributed by atoms with E-state index in [2.05, 4.69) is 31.8 Å². The zero-order valence-electron chi connectivity index (χ0n) is 11.6. The number of nitrogens with zero attached hydrogens (tertiary/aromatic N) is 1. The van der Waals surface area contributed by atoms with Gasteiger partial charge in [-0.2, -0.15) is 0 Å². The second-order valence-corrected chi connectivity index (χ2v) is 5.65. The Hall–Kier alpha value is -1.41. The lowest BCUT2D eigenvalue weighted by atomic mass is 9.80. The third-order valence-electron chi connectivity index (χ3n) is 3.82. The minimum absolute atomic E-state index is 0.105. The number of rotatable bonds is 3. The number of aliphatic hydroxyl groups excluding tert-OH is 1. The molecule has 0 aliphatic heterocycles. The predicted octanol–water partition coefficient (Wildman–Crippen LogP) is 4.01. The predicted molar refractivity (Wildman–Crippen MR) is 75.5 cm³/mol. The quantitative estimate of drug-likeness (QED) is 0.883. The van der Waals surface area contributed by atoms with Crippen LogP contribution in [-0.2, 0) is 0 Å². The number of aliphatic hydroxyl groups is 1. The van der Waals surface area contributed by atoms with Crippen molar-refractivity contribution in [2.24, 2.45) is 5.41 Å². The van der Waals surface area contributed by atoms with E-state index in [0.29, 0.717) is 0 Å². The molecule has 1 aromatic heterocycles. The van der Waals surface area contributed by atoms with Crippen molar-refractivity contribution in [1.29, 1.82) is 0 Å². The highest BCUT2D eigenvalue weighted by Crippen LogP contribution is 2.36. The van der Waals surface area contributed by atoms with Gasteiger partial charge in [-0.3, -0.25) is 4.98 Å². The van der Waals surface area contributed by atoms with E-state index >= 15 is 0 Å². The first-order chi connectivity index (χ1) is 8.44. The van der Waals surface area contributed by atoms with Crippen LogP contribution in [0.3, 0.4) is 0 Å². The van der Waals surface area contributed by atoms with Crippen LogP contribution in [0.1, 0.15) is 44.6 Å². The van der Waals surface area contributed by atoms with Crippen molar-refractivity contribution in [3.8, 4) is 0 Å². The Morgan fingerprint density at radius 3 is 2.61 bits per heavy atom. The van der Waals surface area contributed by atoms with Gasteiger partial charge in [0.15, 0.2) is 0 Å². The van der Waals surface area contributed by atoms with Crippen molar-refractivity contribution in [1.82, 2.24) is 4.98 Å². The smallest absolute Gasteiger partial charge is 0.0841 e. The van der Waals surface area contributed by atoms with Crippen LogP contribution in [0.25, 0.3) is 10.9 Å². The Bertz CT molecular complexity index is 560. The van der Waals surface area contributed by atoms with E-state index in [1.165, 1.54) is 0 Å². The average molecular weight is 243 g/mol. The summed E-state index contributed by atoms with van der Waals surface area (Å²) in [5, 5.41) is 11.5. The van der Waals surface area contributed by atoms with Gasteiger partial charge >= 0.3 is 0 Å². The molecule has 1 unspecified atom stereocenters. The Kier molecular flexibility index (Phi) is 3.40. The Balaban J connectivity index is 2.44. The highest BCUT2D eigenvalue weighted by Gasteiger charge is 2.27. The molecule has 0 fully saturated rings. The molecular weight excluding hydrogens is 222 g/mol. The molecule has 1 N–H and O–H groups in total. The fraction of sp³-hybridized carbons (Fsp3) is 0.438. The normalized spacial score (nSPS) is 13.8. The van der Waals surface area contributed by atoms with Crippen molar-refractivity contribution in [2.75, 3.05) is 0 Å². The van der Waals surface area contributed by atoms with Gasteiger partial charge in [0.05, 0.1) is 11.6 Å². The average Bonchev–Trinajstić information content (AvgIpc) is 2.37. The first-order valence-corrected chi connectivity index (χ1v) is 6.49. The van der Waals surface area contributed by atoms with Gasteiger partial charge in [0.25, 0.3) is 0 Å². The fourth-order valence-electron chi connectivity index (χ4n) is 2.06. The van der Waals surface area contributed by atoms with Gasteiger partial charge in [-0.05, 0) is 42.5 Å². The number of benzene rings is 1. The molecule has 2 heteroatoms. The monoisotopic (exact) mass is 243 g/mol. The number of fused-ring (bicyclic) bond motifs is 1. The van der Waals surface area contributed by atoms with E-state index in [4.69, 9.17) is 0 Å². The molecule has 1 heterocycles. The lowest BCUT2D eigenvalue weighted by Gasteiger charge is -2.29. The third kappa shape index (κ3) is 2.39. The molecular formula is C16H21NO. The molecule has 0 bridgehead atoms. The number of hydrogen-bond acceptors (Lipinski definition) is 2. The Morgan fingerprint density at radius 1 is 1.22 bits per heavy atom. The van der Waals surface area contributed by atoms with E-state index < -0.39 is 6.10 Å². The molecule has 18 heavy (non-hydrogen) atoms. The first kappa shape index (κ1) is 13.0. The van der Waals surface area contributed by atoms with Crippen molar-refractivity contribution in [2.45, 2.75) is 40.2 Å². The van der Waals surface area contributed by atoms with Crippen LogP contribution >= 0.6 is 0 Å². The van der Waals surface area contributed by atoms with Gasteiger partial charge in [0.1, 0.15) is 0 Å². The van der Waals surface area contributed by atoms with Gasteiger partial charge in [-0.25, -0.2) is 0 Å². The largest absolute Gasteiger partial charge is 0.388 e. The van der Waals surface area contributed by atoms with E-state index in [1.54, 1.807) is 0 Å². The topological polar surface area (TPSA) is 33.1 Å². The highest BCUT2D eigenvalue weighted by molar-refractivity contribution is 5.79. The summed E-state index contributed by atoms with van der Waals surface area (Å²) >= 11 is 0. The summed E-state index contributed by atoms with van der Waals surface area (Å²) in [5.74, 6) is 0. The lowest BCUT2D eigenvalue weighted by molar-refractivity contribution is 0.0467. The fourth-order valence-corrected chi connectivity index (χ4v) is 2.06. The van der Waals surface area contributed by atoms with Crippen molar-refractivity contribution >= 4 is 10.9 Å². The van der Waals surface area contributed by atoms with Gasteiger partial charge in [0.2, 0.25) is 0 Å². The van der Waals surface area contributed by atoms with Crippen LogP contribution in [0.15, 0.2) is 30.3 Å². The van der Waals surface area contributed by atoms with Gasteiger partial charge in [-0.15, -0.1) is 0 Å². The summed E-state index contributed by atoms with van der Waals surface area (Å²) < 4.78 is 0. The Labute approximate surface area is 109 Å². The third-order valence-corrected chi connectivity index (χ3v) is 3.82. The number of hydrogen-bond donors (Lipinski definition) is 1. The summed E-state index contributed by atoms with van der Waals surface area (Å²) in [5.41, 5.74) is 2.87. The van der Waals surface area contributed by atoms with Gasteiger partial charge in [0, 0.05) is 11.1 Å². The summed E-state index contributed by atoms with van der Waals surface area (Å²) in [6.07, 6.45) is 0.506. The van der Waals surface area contributed by atoms with Crippen LogP contribution in [0.5, 0.6) is 0 Å². The van der Waals surface area contributed by atoms with Crippen LogP contribution in [0.4, 0.5) is 0 Å². The van der Waals surface area contributed by atoms with Gasteiger partial charge in [-0.1, -0.05) is 32.9 Å². The minimum Gasteiger partial charge on any atom is -0.388 e. The molecule has 2 aromatic rings. The number of aromatic nitrogens is 1.